The van der Waals surface area contributed by atoms with Crippen molar-refractivity contribution in [2.24, 2.45) is 5.90 Å². The van der Waals surface area contributed by atoms with Gasteiger partial charge in [-0.1, -0.05) is 6.92 Å². The molecule has 8 heavy (non-hydrogen) atoms. The zero-order valence-corrected chi connectivity index (χ0v) is 5.98. The summed E-state index contributed by atoms with van der Waals surface area (Å²) in [4.78, 5) is 0. The van der Waals surface area contributed by atoms with Crippen molar-refractivity contribution in [3.8, 4) is 0 Å². The van der Waals surface area contributed by atoms with E-state index in [0.29, 0.717) is 0 Å². The fourth-order valence-electron chi connectivity index (χ4n) is 0.140. The summed E-state index contributed by atoms with van der Waals surface area (Å²) < 4.78 is 18.5. The predicted octanol–water partition coefficient (Wildman–Crippen LogP) is 1.26. The fraction of sp³-hybridized carbons (Fsp3) is 1.00. The molecule has 0 aromatic heterocycles. The standard InChI is InChI=1S/C2H7ClNO3P/c1-2-8(5,6-3)7-4/h2,4H2,1H3. The third kappa shape index (κ3) is 2.11. The smallest absolute Gasteiger partial charge is 0.257 e. The van der Waals surface area contributed by atoms with Crippen LogP contribution in [-0.2, 0) is 13.3 Å². The van der Waals surface area contributed by atoms with Gasteiger partial charge in [-0.15, -0.1) is 0 Å². The molecule has 0 aliphatic rings. The molecule has 2 N–H and O–H groups in total. The lowest BCUT2D eigenvalue weighted by molar-refractivity contribution is 0.281. The first kappa shape index (κ1) is 8.40. The molecule has 50 valence electrons. The van der Waals surface area contributed by atoms with Crippen molar-refractivity contribution >= 4 is 19.5 Å². The lowest BCUT2D eigenvalue weighted by Gasteiger charge is -2.05. The van der Waals surface area contributed by atoms with Crippen LogP contribution in [0.3, 0.4) is 0 Å². The highest BCUT2D eigenvalue weighted by atomic mass is 35.5. The van der Waals surface area contributed by atoms with E-state index in [9.17, 15) is 4.57 Å². The van der Waals surface area contributed by atoms with Crippen molar-refractivity contribution in [2.75, 3.05) is 6.16 Å². The third-order valence-electron chi connectivity index (χ3n) is 0.653. The van der Waals surface area contributed by atoms with Gasteiger partial charge < -0.3 is 0 Å². The van der Waals surface area contributed by atoms with Crippen molar-refractivity contribution in [3.05, 3.63) is 0 Å². The molecule has 1 unspecified atom stereocenters. The van der Waals surface area contributed by atoms with E-state index in [-0.39, 0.29) is 6.16 Å². The zero-order valence-electron chi connectivity index (χ0n) is 4.33. The lowest BCUT2D eigenvalue weighted by atomic mass is 11.0. The summed E-state index contributed by atoms with van der Waals surface area (Å²) in [5.41, 5.74) is 0. The van der Waals surface area contributed by atoms with Gasteiger partial charge in [0.1, 0.15) is 0 Å². The van der Waals surface area contributed by atoms with Gasteiger partial charge in [0.2, 0.25) is 0 Å². The second-order valence-electron chi connectivity index (χ2n) is 1.10. The van der Waals surface area contributed by atoms with Gasteiger partial charge in [0.05, 0.1) is 11.9 Å². The first-order chi connectivity index (χ1) is 3.68. The van der Waals surface area contributed by atoms with Crippen molar-refractivity contribution in [1.29, 1.82) is 0 Å². The Bertz CT molecular complexity index is 88.4. The second kappa shape index (κ2) is 3.43. The molecule has 0 bridgehead atoms. The summed E-state index contributed by atoms with van der Waals surface area (Å²) in [7, 11) is -3.12. The molecule has 0 spiro atoms. The van der Waals surface area contributed by atoms with Crippen LogP contribution in [0.15, 0.2) is 0 Å². The van der Waals surface area contributed by atoms with Gasteiger partial charge in [0, 0.05) is 6.16 Å². The Labute approximate surface area is 52.6 Å². The fourth-order valence-corrected chi connectivity index (χ4v) is 0.809. The van der Waals surface area contributed by atoms with Crippen molar-refractivity contribution in [3.63, 3.8) is 0 Å². The van der Waals surface area contributed by atoms with E-state index in [4.69, 9.17) is 11.9 Å². The quantitative estimate of drug-likeness (QED) is 0.498. The SMILES string of the molecule is CCP(=O)(ON)OCl. The number of halogens is 1. The lowest BCUT2D eigenvalue weighted by Crippen LogP contribution is -1.98. The molecule has 0 fully saturated rings. The summed E-state index contributed by atoms with van der Waals surface area (Å²) in [6, 6.07) is 0. The molecule has 0 saturated carbocycles. The van der Waals surface area contributed by atoms with Crippen LogP contribution in [0, 0.1) is 0 Å². The molecule has 6 heteroatoms. The van der Waals surface area contributed by atoms with Crippen molar-refractivity contribution in [2.45, 2.75) is 6.92 Å². The number of hydrogen-bond acceptors (Lipinski definition) is 4. The Kier molecular flexibility index (Phi) is 3.60. The Morgan fingerprint density at radius 2 is 2.38 bits per heavy atom. The molecule has 4 nitrogen and oxygen atoms in total. The Morgan fingerprint density at radius 3 is 2.38 bits per heavy atom. The largest absolute Gasteiger partial charge is 0.362 e. The summed E-state index contributed by atoms with van der Waals surface area (Å²) in [6.45, 7) is 1.59. The van der Waals surface area contributed by atoms with Gasteiger partial charge in [-0.05, 0) is 0 Å². The highest BCUT2D eigenvalue weighted by molar-refractivity contribution is 7.54. The van der Waals surface area contributed by atoms with Crippen LogP contribution in [0.4, 0.5) is 0 Å². The van der Waals surface area contributed by atoms with E-state index in [1.807, 2.05) is 0 Å². The predicted molar refractivity (Wildman–Crippen MR) is 30.4 cm³/mol. The third-order valence-corrected chi connectivity index (χ3v) is 2.59. The minimum atomic E-state index is -3.12. The monoisotopic (exact) mass is 159 g/mol. The summed E-state index contributed by atoms with van der Waals surface area (Å²) in [5, 5.41) is 0. The van der Waals surface area contributed by atoms with Crippen LogP contribution in [-0.4, -0.2) is 6.16 Å². The van der Waals surface area contributed by atoms with Gasteiger partial charge in [0.25, 0.3) is 0 Å². The highest BCUT2D eigenvalue weighted by Crippen LogP contribution is 2.46. The molecular weight excluding hydrogens is 152 g/mol. The Hall–Kier alpha value is 0.400. The molecule has 0 saturated heterocycles. The normalized spacial score (nSPS) is 17.9. The summed E-state index contributed by atoms with van der Waals surface area (Å²) in [5.74, 6) is 4.56. The van der Waals surface area contributed by atoms with Crippen molar-refractivity contribution in [1.82, 2.24) is 0 Å². The van der Waals surface area contributed by atoms with Crippen LogP contribution in [0.1, 0.15) is 6.92 Å². The molecule has 0 aliphatic carbocycles. The van der Waals surface area contributed by atoms with E-state index >= 15 is 0 Å². The van der Waals surface area contributed by atoms with Gasteiger partial charge in [-0.2, -0.15) is 4.08 Å². The van der Waals surface area contributed by atoms with E-state index in [2.05, 4.69) is 14.6 Å². The molecule has 0 amide bonds. The van der Waals surface area contributed by atoms with E-state index in [1.165, 1.54) is 0 Å². The van der Waals surface area contributed by atoms with Crippen LogP contribution in [0.5, 0.6) is 0 Å². The van der Waals surface area contributed by atoms with Crippen LogP contribution in [0.25, 0.3) is 0 Å². The summed E-state index contributed by atoms with van der Waals surface area (Å²) >= 11 is 4.74. The minimum Gasteiger partial charge on any atom is -0.257 e. The average Bonchev–Trinajstić information content (AvgIpc) is 1.87. The molecule has 1 atom stereocenters. The van der Waals surface area contributed by atoms with Gasteiger partial charge >= 0.3 is 7.60 Å². The average molecular weight is 160 g/mol. The topological polar surface area (TPSA) is 61.5 Å². The summed E-state index contributed by atoms with van der Waals surface area (Å²) in [6.07, 6.45) is 0.174. The maximum absolute atomic E-state index is 10.6. The first-order valence-electron chi connectivity index (χ1n) is 1.96. The molecule has 0 heterocycles. The maximum atomic E-state index is 10.6. The molecule has 0 aromatic rings. The molecular formula is C2H7ClNO3P. The van der Waals surface area contributed by atoms with Crippen LogP contribution < -0.4 is 5.90 Å². The number of hydrogen-bond donors (Lipinski definition) is 1. The molecule has 0 aromatic carbocycles. The Balaban J connectivity index is 3.79. The van der Waals surface area contributed by atoms with E-state index in [0.717, 1.165) is 0 Å². The van der Waals surface area contributed by atoms with Gasteiger partial charge in [0.15, 0.2) is 0 Å². The Morgan fingerprint density at radius 1 is 1.88 bits per heavy atom. The van der Waals surface area contributed by atoms with Gasteiger partial charge in [-0.3, -0.25) is 4.57 Å². The van der Waals surface area contributed by atoms with Crippen LogP contribution in [0.2, 0.25) is 0 Å². The van der Waals surface area contributed by atoms with Crippen LogP contribution >= 0.6 is 19.5 Å². The molecule has 0 radical (unpaired) electrons. The first-order valence-corrected chi connectivity index (χ1v) is 4.00. The second-order valence-corrected chi connectivity index (χ2v) is 3.72. The number of rotatable bonds is 3. The highest BCUT2D eigenvalue weighted by Gasteiger charge is 2.19. The number of nitrogens with two attached hydrogens (primary N) is 1. The van der Waals surface area contributed by atoms with E-state index in [1.54, 1.807) is 6.92 Å². The zero-order chi connectivity index (χ0) is 6.62. The molecule has 0 aliphatic heterocycles. The van der Waals surface area contributed by atoms with E-state index < -0.39 is 7.60 Å². The van der Waals surface area contributed by atoms with Crippen molar-refractivity contribution < 1.29 is 13.3 Å². The maximum Gasteiger partial charge on any atom is 0.362 e. The minimum absolute atomic E-state index is 0.174. The van der Waals surface area contributed by atoms with Gasteiger partial charge in [-0.25, -0.2) is 10.5 Å². The molecule has 0 rings (SSSR count).